The van der Waals surface area contributed by atoms with Gasteiger partial charge in [0.1, 0.15) is 5.75 Å². The fourth-order valence-electron chi connectivity index (χ4n) is 3.06. The Morgan fingerprint density at radius 2 is 1.83 bits per heavy atom. The predicted molar refractivity (Wildman–Crippen MR) is 81.0 cm³/mol. The van der Waals surface area contributed by atoms with E-state index in [4.69, 9.17) is 4.74 Å². The molecule has 1 aliphatic carbocycles. The van der Waals surface area contributed by atoms with E-state index in [0.29, 0.717) is 10.7 Å². The van der Waals surface area contributed by atoms with Crippen LogP contribution in [0.3, 0.4) is 0 Å². The molecule has 0 radical (unpaired) electrons. The number of methoxy groups -OCH3 is 1. The first-order chi connectivity index (χ1) is 8.61. The summed E-state index contributed by atoms with van der Waals surface area (Å²) in [6, 6.07) is 4.53. The summed E-state index contributed by atoms with van der Waals surface area (Å²) in [5.41, 5.74) is 4.16. The molecule has 2 unspecified atom stereocenters. The Labute approximate surface area is 119 Å². The highest BCUT2D eigenvalue weighted by Crippen LogP contribution is 2.37. The number of benzene rings is 1. The van der Waals surface area contributed by atoms with Gasteiger partial charge in [-0.25, -0.2) is 0 Å². The van der Waals surface area contributed by atoms with Gasteiger partial charge in [-0.05, 0) is 61.8 Å². The van der Waals surface area contributed by atoms with Crippen molar-refractivity contribution < 1.29 is 4.74 Å². The van der Waals surface area contributed by atoms with Gasteiger partial charge in [0.2, 0.25) is 0 Å². The molecule has 2 atom stereocenters. The Morgan fingerprint density at radius 3 is 2.56 bits per heavy atom. The van der Waals surface area contributed by atoms with Crippen LogP contribution in [0, 0.1) is 13.8 Å². The fraction of sp³-hybridized carbons (Fsp3) is 0.625. The first-order valence-corrected chi connectivity index (χ1v) is 7.82. The SMILES string of the molecule is COc1cc(C)c(C2CCCCC(Br)C2)cc1C. The molecule has 0 aliphatic heterocycles. The van der Waals surface area contributed by atoms with Crippen molar-refractivity contribution in [3.05, 3.63) is 28.8 Å². The fourth-order valence-corrected chi connectivity index (χ4v) is 3.83. The lowest BCUT2D eigenvalue weighted by Crippen LogP contribution is -2.06. The van der Waals surface area contributed by atoms with E-state index in [2.05, 4.69) is 41.9 Å². The molecule has 0 heterocycles. The van der Waals surface area contributed by atoms with Crippen LogP contribution in [-0.4, -0.2) is 11.9 Å². The molecule has 1 saturated carbocycles. The maximum absolute atomic E-state index is 5.40. The summed E-state index contributed by atoms with van der Waals surface area (Å²) in [7, 11) is 1.75. The van der Waals surface area contributed by atoms with Gasteiger partial charge in [0.05, 0.1) is 7.11 Å². The van der Waals surface area contributed by atoms with Crippen LogP contribution >= 0.6 is 15.9 Å². The summed E-state index contributed by atoms with van der Waals surface area (Å²) in [5.74, 6) is 1.72. The second-order valence-electron chi connectivity index (χ2n) is 5.49. The largest absolute Gasteiger partial charge is 0.496 e. The van der Waals surface area contributed by atoms with Crippen LogP contribution in [0.2, 0.25) is 0 Å². The number of halogens is 1. The molecule has 18 heavy (non-hydrogen) atoms. The molecule has 2 rings (SSSR count). The van der Waals surface area contributed by atoms with E-state index in [-0.39, 0.29) is 0 Å². The minimum atomic E-state index is 0.687. The minimum Gasteiger partial charge on any atom is -0.496 e. The number of rotatable bonds is 2. The average Bonchev–Trinajstić information content (AvgIpc) is 2.56. The number of hydrogen-bond acceptors (Lipinski definition) is 1. The summed E-state index contributed by atoms with van der Waals surface area (Å²) in [5, 5.41) is 0. The molecule has 1 nitrogen and oxygen atoms in total. The van der Waals surface area contributed by atoms with Crippen LogP contribution in [-0.2, 0) is 0 Å². The predicted octanol–water partition coefficient (Wildman–Crippen LogP) is 5.12. The molecule has 0 spiro atoms. The van der Waals surface area contributed by atoms with Gasteiger partial charge in [-0.1, -0.05) is 34.8 Å². The van der Waals surface area contributed by atoms with Crippen LogP contribution in [0.25, 0.3) is 0 Å². The van der Waals surface area contributed by atoms with Crippen molar-refractivity contribution >= 4 is 15.9 Å². The van der Waals surface area contributed by atoms with Crippen molar-refractivity contribution in [2.75, 3.05) is 7.11 Å². The van der Waals surface area contributed by atoms with Gasteiger partial charge in [-0.15, -0.1) is 0 Å². The molecule has 0 N–H and O–H groups in total. The molecule has 1 aliphatic rings. The third kappa shape index (κ3) is 3.09. The summed E-state index contributed by atoms with van der Waals surface area (Å²) >= 11 is 3.82. The normalized spacial score (nSPS) is 24.7. The Balaban J connectivity index is 2.29. The monoisotopic (exact) mass is 310 g/mol. The molecule has 1 aromatic rings. The zero-order valence-electron chi connectivity index (χ0n) is 11.6. The lowest BCUT2D eigenvalue weighted by molar-refractivity contribution is 0.411. The van der Waals surface area contributed by atoms with Gasteiger partial charge >= 0.3 is 0 Å². The van der Waals surface area contributed by atoms with Crippen molar-refractivity contribution in [2.24, 2.45) is 0 Å². The number of hydrogen-bond donors (Lipinski definition) is 0. The molecular weight excluding hydrogens is 288 g/mol. The molecule has 1 fully saturated rings. The summed E-state index contributed by atoms with van der Waals surface area (Å²) < 4.78 is 5.40. The maximum Gasteiger partial charge on any atom is 0.122 e. The van der Waals surface area contributed by atoms with E-state index in [9.17, 15) is 0 Å². The lowest BCUT2D eigenvalue weighted by atomic mass is 9.87. The summed E-state index contributed by atoms with van der Waals surface area (Å²) in [6.45, 7) is 4.36. The van der Waals surface area contributed by atoms with E-state index in [1.807, 2.05) is 0 Å². The van der Waals surface area contributed by atoms with Gasteiger partial charge in [-0.3, -0.25) is 0 Å². The Bertz CT molecular complexity index is 414. The molecule has 2 heteroatoms. The minimum absolute atomic E-state index is 0.687. The van der Waals surface area contributed by atoms with Crippen molar-refractivity contribution in [2.45, 2.75) is 56.7 Å². The third-order valence-electron chi connectivity index (χ3n) is 4.08. The highest BCUT2D eigenvalue weighted by atomic mass is 79.9. The molecule has 1 aromatic carbocycles. The van der Waals surface area contributed by atoms with E-state index in [1.54, 1.807) is 7.11 Å². The molecule has 0 saturated heterocycles. The van der Waals surface area contributed by atoms with Gasteiger partial charge in [0, 0.05) is 4.83 Å². The third-order valence-corrected chi connectivity index (χ3v) is 4.92. The van der Waals surface area contributed by atoms with Crippen LogP contribution < -0.4 is 4.74 Å². The second-order valence-corrected chi connectivity index (χ2v) is 6.79. The first kappa shape index (κ1) is 13.9. The van der Waals surface area contributed by atoms with Crippen molar-refractivity contribution in [3.63, 3.8) is 0 Å². The topological polar surface area (TPSA) is 9.23 Å². The number of aryl methyl sites for hydroxylation is 2. The Kier molecular flexibility index (Phi) is 4.71. The molecule has 0 aromatic heterocycles. The van der Waals surface area contributed by atoms with Crippen molar-refractivity contribution in [3.8, 4) is 5.75 Å². The maximum atomic E-state index is 5.40. The molecular formula is C16H23BrO. The van der Waals surface area contributed by atoms with Gasteiger partial charge in [0.15, 0.2) is 0 Å². The second kappa shape index (κ2) is 6.10. The Hall–Kier alpha value is -0.500. The van der Waals surface area contributed by atoms with Gasteiger partial charge in [-0.2, -0.15) is 0 Å². The number of alkyl halides is 1. The highest BCUT2D eigenvalue weighted by Gasteiger charge is 2.21. The summed E-state index contributed by atoms with van der Waals surface area (Å²) in [4.78, 5) is 0.687. The smallest absolute Gasteiger partial charge is 0.122 e. The molecule has 0 amide bonds. The highest BCUT2D eigenvalue weighted by molar-refractivity contribution is 9.09. The first-order valence-electron chi connectivity index (χ1n) is 6.91. The van der Waals surface area contributed by atoms with E-state index in [0.717, 1.165) is 5.75 Å². The van der Waals surface area contributed by atoms with Crippen LogP contribution in [0.15, 0.2) is 12.1 Å². The molecule has 0 bridgehead atoms. The van der Waals surface area contributed by atoms with Crippen molar-refractivity contribution in [1.29, 1.82) is 0 Å². The zero-order chi connectivity index (χ0) is 13.1. The van der Waals surface area contributed by atoms with Gasteiger partial charge < -0.3 is 4.74 Å². The van der Waals surface area contributed by atoms with E-state index in [1.165, 1.54) is 48.8 Å². The lowest BCUT2D eigenvalue weighted by Gasteiger charge is -2.20. The van der Waals surface area contributed by atoms with E-state index >= 15 is 0 Å². The van der Waals surface area contributed by atoms with Crippen molar-refractivity contribution in [1.82, 2.24) is 0 Å². The van der Waals surface area contributed by atoms with Crippen LogP contribution in [0.4, 0.5) is 0 Å². The van der Waals surface area contributed by atoms with Crippen LogP contribution in [0.5, 0.6) is 5.75 Å². The van der Waals surface area contributed by atoms with Gasteiger partial charge in [0.25, 0.3) is 0 Å². The number of ether oxygens (including phenoxy) is 1. The quantitative estimate of drug-likeness (QED) is 0.544. The average molecular weight is 311 g/mol. The van der Waals surface area contributed by atoms with Crippen LogP contribution in [0.1, 0.15) is 54.7 Å². The zero-order valence-corrected chi connectivity index (χ0v) is 13.2. The standard InChI is InChI=1S/C16H23BrO/c1-11-9-16(18-3)12(2)8-15(11)13-6-4-5-7-14(17)10-13/h8-9,13-14H,4-7,10H2,1-3H3. The Morgan fingerprint density at radius 1 is 1.11 bits per heavy atom. The van der Waals surface area contributed by atoms with E-state index < -0.39 is 0 Å². The summed E-state index contributed by atoms with van der Waals surface area (Å²) in [6.07, 6.45) is 6.64. The molecule has 100 valence electrons.